The zero-order valence-corrected chi connectivity index (χ0v) is 10.2. The van der Waals surface area contributed by atoms with Crippen LogP contribution in [-0.4, -0.2) is 20.0 Å². The van der Waals surface area contributed by atoms with Gasteiger partial charge >= 0.3 is 0 Å². The molecule has 0 unspecified atom stereocenters. The third-order valence-electron chi connectivity index (χ3n) is 2.10. The largest absolute Gasteiger partial charge is 0.459 e. The van der Waals surface area contributed by atoms with Crippen molar-refractivity contribution in [2.45, 2.75) is 6.54 Å². The minimum Gasteiger partial charge on any atom is -0.459 e. The second-order valence-corrected chi connectivity index (χ2v) is 4.25. The highest BCUT2D eigenvalue weighted by atomic mass is 79.9. The molecular weight excluding hydrogens is 288 g/mol. The molecule has 0 spiro atoms. The van der Waals surface area contributed by atoms with Crippen molar-refractivity contribution < 1.29 is 8.83 Å². The summed E-state index contributed by atoms with van der Waals surface area (Å²) in [6.07, 6.45) is 5.09. The molecule has 0 fully saturated rings. The van der Waals surface area contributed by atoms with Gasteiger partial charge < -0.3 is 8.83 Å². The van der Waals surface area contributed by atoms with E-state index in [9.17, 15) is 0 Å². The molecule has 0 N–H and O–H groups in total. The van der Waals surface area contributed by atoms with Crippen LogP contribution in [0.4, 0.5) is 0 Å². The molecule has 0 amide bonds. The lowest BCUT2D eigenvalue weighted by molar-refractivity contribution is 0.458. The summed E-state index contributed by atoms with van der Waals surface area (Å²) in [7, 11) is 0. The van der Waals surface area contributed by atoms with Gasteiger partial charge in [-0.25, -0.2) is 0 Å². The average molecular weight is 295 g/mol. The average Bonchev–Trinajstić information content (AvgIpc) is 3.00. The molecule has 17 heavy (non-hydrogen) atoms. The van der Waals surface area contributed by atoms with Crippen molar-refractivity contribution in [2.24, 2.45) is 0 Å². The fourth-order valence-electron chi connectivity index (χ4n) is 1.38. The van der Waals surface area contributed by atoms with Crippen molar-refractivity contribution >= 4 is 15.9 Å². The van der Waals surface area contributed by atoms with E-state index in [-0.39, 0.29) is 0 Å². The number of furan rings is 1. The molecule has 3 rings (SSSR count). The highest BCUT2D eigenvalue weighted by molar-refractivity contribution is 9.10. The van der Waals surface area contributed by atoms with Gasteiger partial charge in [-0.15, -0.1) is 10.2 Å². The molecule has 3 heterocycles. The zero-order valence-electron chi connectivity index (χ0n) is 8.58. The number of rotatable bonds is 3. The topological polar surface area (TPSA) is 69.9 Å². The third-order valence-corrected chi connectivity index (χ3v) is 2.51. The minimum absolute atomic E-state index is 0.372. The lowest BCUT2D eigenvalue weighted by atomic mass is 10.5. The third kappa shape index (κ3) is 2.14. The SMILES string of the molecule is Brc1cnn(Cc2nnc(-c3ccco3)o2)c1. The first kappa shape index (κ1) is 10.3. The predicted octanol–water partition coefficient (Wildman–Crippen LogP) is 2.34. The van der Waals surface area contributed by atoms with Crippen LogP contribution in [0.1, 0.15) is 5.89 Å². The zero-order chi connectivity index (χ0) is 11.7. The van der Waals surface area contributed by atoms with E-state index in [1.165, 1.54) is 0 Å². The van der Waals surface area contributed by atoms with Crippen molar-refractivity contribution in [1.82, 2.24) is 20.0 Å². The molecular formula is C10H7BrN4O2. The summed E-state index contributed by atoms with van der Waals surface area (Å²) < 4.78 is 13.2. The number of aromatic nitrogens is 4. The van der Waals surface area contributed by atoms with E-state index in [1.807, 2.05) is 6.20 Å². The Morgan fingerprint density at radius 1 is 1.35 bits per heavy atom. The van der Waals surface area contributed by atoms with Crippen molar-refractivity contribution in [3.63, 3.8) is 0 Å². The molecule has 3 aromatic heterocycles. The first-order chi connectivity index (χ1) is 8.31. The van der Waals surface area contributed by atoms with Crippen LogP contribution in [0.15, 0.2) is 44.1 Å². The number of hydrogen-bond donors (Lipinski definition) is 0. The predicted molar refractivity (Wildman–Crippen MR) is 61.0 cm³/mol. The first-order valence-electron chi connectivity index (χ1n) is 4.85. The normalized spacial score (nSPS) is 10.9. The molecule has 0 aromatic carbocycles. The van der Waals surface area contributed by atoms with Gasteiger partial charge in [0.1, 0.15) is 6.54 Å². The van der Waals surface area contributed by atoms with Gasteiger partial charge in [-0.1, -0.05) is 0 Å². The van der Waals surface area contributed by atoms with Gasteiger partial charge in [0.2, 0.25) is 5.89 Å². The number of nitrogens with zero attached hydrogens (tertiary/aromatic N) is 4. The van der Waals surface area contributed by atoms with Gasteiger partial charge in [0.25, 0.3) is 5.89 Å². The van der Waals surface area contributed by atoms with Crippen molar-refractivity contribution in [2.75, 3.05) is 0 Å². The van der Waals surface area contributed by atoms with Crippen LogP contribution < -0.4 is 0 Å². The summed E-state index contributed by atoms with van der Waals surface area (Å²) in [5, 5.41) is 11.9. The Morgan fingerprint density at radius 2 is 2.29 bits per heavy atom. The van der Waals surface area contributed by atoms with Crippen LogP contribution in [0.3, 0.4) is 0 Å². The number of hydrogen-bond acceptors (Lipinski definition) is 5. The maximum atomic E-state index is 5.45. The van der Waals surface area contributed by atoms with Crippen molar-refractivity contribution in [3.8, 4) is 11.7 Å². The summed E-state index contributed by atoms with van der Waals surface area (Å²) >= 11 is 3.32. The summed E-state index contributed by atoms with van der Waals surface area (Å²) in [5.74, 6) is 1.41. The van der Waals surface area contributed by atoms with Gasteiger partial charge in [-0.2, -0.15) is 5.10 Å². The maximum absolute atomic E-state index is 5.45. The van der Waals surface area contributed by atoms with Crippen LogP contribution in [0.2, 0.25) is 0 Å². The Morgan fingerprint density at radius 3 is 3.00 bits per heavy atom. The van der Waals surface area contributed by atoms with E-state index in [0.717, 1.165) is 4.47 Å². The molecule has 0 radical (unpaired) electrons. The van der Waals surface area contributed by atoms with Crippen LogP contribution in [0.25, 0.3) is 11.7 Å². The Hall–Kier alpha value is -1.89. The fourth-order valence-corrected chi connectivity index (χ4v) is 1.71. The smallest absolute Gasteiger partial charge is 0.283 e. The lowest BCUT2D eigenvalue weighted by Gasteiger charge is -1.93. The van der Waals surface area contributed by atoms with Crippen molar-refractivity contribution in [1.29, 1.82) is 0 Å². The molecule has 0 saturated carbocycles. The van der Waals surface area contributed by atoms with E-state index < -0.39 is 0 Å². The minimum atomic E-state index is 0.372. The van der Waals surface area contributed by atoms with Crippen LogP contribution in [0, 0.1) is 0 Å². The quantitative estimate of drug-likeness (QED) is 0.741. The maximum Gasteiger partial charge on any atom is 0.283 e. The molecule has 3 aromatic rings. The van der Waals surface area contributed by atoms with Gasteiger partial charge in [-0.3, -0.25) is 4.68 Å². The second kappa shape index (κ2) is 4.17. The van der Waals surface area contributed by atoms with E-state index in [0.29, 0.717) is 24.1 Å². The highest BCUT2D eigenvalue weighted by Crippen LogP contribution is 2.18. The van der Waals surface area contributed by atoms with E-state index >= 15 is 0 Å². The van der Waals surface area contributed by atoms with E-state index in [4.69, 9.17) is 8.83 Å². The second-order valence-electron chi connectivity index (χ2n) is 3.33. The molecule has 0 aliphatic heterocycles. The van der Waals surface area contributed by atoms with E-state index in [2.05, 4.69) is 31.2 Å². The Kier molecular flexibility index (Phi) is 2.52. The first-order valence-corrected chi connectivity index (χ1v) is 5.65. The monoisotopic (exact) mass is 294 g/mol. The molecule has 0 aliphatic carbocycles. The fraction of sp³-hybridized carbons (Fsp3) is 0.100. The van der Waals surface area contributed by atoms with Crippen LogP contribution in [-0.2, 0) is 6.54 Å². The van der Waals surface area contributed by atoms with E-state index in [1.54, 1.807) is 29.3 Å². The summed E-state index contributed by atoms with van der Waals surface area (Å²) in [6, 6.07) is 3.53. The van der Waals surface area contributed by atoms with Gasteiger partial charge in [-0.05, 0) is 28.1 Å². The van der Waals surface area contributed by atoms with Crippen molar-refractivity contribution in [3.05, 3.63) is 41.2 Å². The lowest BCUT2D eigenvalue weighted by Crippen LogP contribution is -1.99. The molecule has 0 atom stereocenters. The molecule has 7 heteroatoms. The summed E-state index contributed by atoms with van der Waals surface area (Å²) in [6.45, 7) is 0.430. The van der Waals surface area contributed by atoms with Gasteiger partial charge in [0.15, 0.2) is 5.76 Å². The Bertz CT molecular complexity index is 614. The standard InChI is InChI=1S/C10H7BrN4O2/c11-7-4-12-15(5-7)6-9-13-14-10(17-9)8-2-1-3-16-8/h1-5H,6H2. The van der Waals surface area contributed by atoms with Gasteiger partial charge in [0, 0.05) is 6.20 Å². The highest BCUT2D eigenvalue weighted by Gasteiger charge is 2.11. The van der Waals surface area contributed by atoms with Gasteiger partial charge in [0.05, 0.1) is 16.9 Å². The molecule has 6 nitrogen and oxygen atoms in total. The van der Waals surface area contributed by atoms with Crippen LogP contribution >= 0.6 is 15.9 Å². The summed E-state index contributed by atoms with van der Waals surface area (Å²) in [5.41, 5.74) is 0. The molecule has 0 bridgehead atoms. The Labute approximate surface area is 104 Å². The van der Waals surface area contributed by atoms with Crippen LogP contribution in [0.5, 0.6) is 0 Å². The molecule has 0 saturated heterocycles. The molecule has 86 valence electrons. The number of halogens is 1. The molecule has 0 aliphatic rings. The summed E-state index contributed by atoms with van der Waals surface area (Å²) in [4.78, 5) is 0. The Balaban J connectivity index is 1.81.